The van der Waals surface area contributed by atoms with Crippen LogP contribution in [0.5, 0.6) is 0 Å². The van der Waals surface area contributed by atoms with Crippen molar-refractivity contribution in [2.75, 3.05) is 6.54 Å². The summed E-state index contributed by atoms with van der Waals surface area (Å²) in [6.07, 6.45) is 2.11. The topological polar surface area (TPSA) is 75.3 Å². The Morgan fingerprint density at radius 1 is 1.38 bits per heavy atom. The molecule has 2 aliphatic heterocycles. The number of piperidine rings is 1. The summed E-state index contributed by atoms with van der Waals surface area (Å²) in [7, 11) is 0. The Balaban J connectivity index is 1.69. The number of carbonyl (C=O) groups is 1. The predicted octanol–water partition coefficient (Wildman–Crippen LogP) is 2.56. The Hall–Kier alpha value is -1.01. The molecule has 0 aromatic heterocycles. The van der Waals surface area contributed by atoms with Crippen LogP contribution in [-0.2, 0) is 4.79 Å². The first-order valence-corrected chi connectivity index (χ1v) is 10.6. The number of aliphatic hydroxyl groups excluding tert-OH is 1. The van der Waals surface area contributed by atoms with Crippen LogP contribution >= 0.6 is 23.4 Å². The summed E-state index contributed by atoms with van der Waals surface area (Å²) in [5, 5.41) is 15.7. The lowest BCUT2D eigenvalue weighted by Crippen LogP contribution is -2.63. The lowest BCUT2D eigenvalue weighted by atomic mass is 9.63. The average molecular weight is 393 g/mol. The molecular weight excluding hydrogens is 368 g/mol. The van der Waals surface area contributed by atoms with E-state index >= 15 is 0 Å². The molecule has 2 fully saturated rings. The summed E-state index contributed by atoms with van der Waals surface area (Å²) in [5.41, 5.74) is 8.10. The van der Waals surface area contributed by atoms with E-state index in [1.165, 1.54) is 5.56 Å². The lowest BCUT2D eigenvalue weighted by molar-refractivity contribution is -0.126. The van der Waals surface area contributed by atoms with Crippen molar-refractivity contribution in [1.29, 1.82) is 0 Å². The average Bonchev–Trinajstić information content (AvgIpc) is 3.13. The smallest absolute Gasteiger partial charge is 0.234 e. The number of nitrogens with one attached hydrogen (secondary N) is 1. The van der Waals surface area contributed by atoms with Crippen molar-refractivity contribution < 1.29 is 9.90 Å². The van der Waals surface area contributed by atoms with E-state index in [-0.39, 0.29) is 40.3 Å². The van der Waals surface area contributed by atoms with Crippen LogP contribution < -0.4 is 11.1 Å². The highest BCUT2D eigenvalue weighted by atomic mass is 35.5. The predicted molar refractivity (Wildman–Crippen MR) is 106 cm³/mol. The molecule has 0 radical (unpaired) electrons. The van der Waals surface area contributed by atoms with Crippen molar-refractivity contribution in [1.82, 2.24) is 5.32 Å². The first-order valence-electron chi connectivity index (χ1n) is 9.26. The van der Waals surface area contributed by atoms with Gasteiger partial charge in [0.2, 0.25) is 5.91 Å². The number of rotatable bonds is 3. The first kappa shape index (κ1) is 18.4. The number of fused-ring (bicyclic) bond motifs is 3. The van der Waals surface area contributed by atoms with Gasteiger partial charge in [-0.15, -0.1) is 23.4 Å². The van der Waals surface area contributed by atoms with E-state index in [4.69, 9.17) is 17.3 Å². The third kappa shape index (κ3) is 2.99. The van der Waals surface area contributed by atoms with Crippen molar-refractivity contribution in [3.8, 4) is 0 Å². The summed E-state index contributed by atoms with van der Waals surface area (Å²) >= 11 is 8.13. The van der Waals surface area contributed by atoms with E-state index in [0.717, 1.165) is 5.56 Å². The van der Waals surface area contributed by atoms with Gasteiger partial charge in [0.15, 0.2) is 0 Å². The Morgan fingerprint density at radius 3 is 2.81 bits per heavy atom. The van der Waals surface area contributed by atoms with Crippen LogP contribution in [0.15, 0.2) is 35.7 Å². The van der Waals surface area contributed by atoms with Crippen LogP contribution in [0.3, 0.4) is 0 Å². The van der Waals surface area contributed by atoms with Crippen LogP contribution in [0, 0.1) is 11.8 Å². The summed E-state index contributed by atoms with van der Waals surface area (Å²) < 4.78 is 0. The zero-order chi connectivity index (χ0) is 18.4. The number of amides is 1. The fourth-order valence-corrected chi connectivity index (χ4v) is 6.26. The molecule has 4 rings (SSSR count). The Bertz CT molecular complexity index is 710. The molecule has 0 bridgehead atoms. The molecule has 1 aliphatic carbocycles. The minimum absolute atomic E-state index is 0.0336. The maximum atomic E-state index is 12.4. The number of allylic oxidation sites excluding steroid dienone is 1. The van der Waals surface area contributed by atoms with Crippen LogP contribution in [0.25, 0.3) is 0 Å². The van der Waals surface area contributed by atoms with Crippen LogP contribution in [0.2, 0.25) is 0 Å². The van der Waals surface area contributed by atoms with E-state index in [2.05, 4.69) is 42.6 Å². The van der Waals surface area contributed by atoms with Crippen LogP contribution in [-0.4, -0.2) is 40.3 Å². The molecule has 8 unspecified atom stereocenters. The second-order valence-electron chi connectivity index (χ2n) is 7.72. The number of alkyl halides is 1. The zero-order valence-corrected chi connectivity index (χ0v) is 16.3. The SMILES string of the molecule is CC(CN)c1ccc(C2C(O)CC(Cl)C3NC(=O)C4SC=CC4C32)cc1. The van der Waals surface area contributed by atoms with Gasteiger partial charge in [-0.1, -0.05) is 37.3 Å². The van der Waals surface area contributed by atoms with Gasteiger partial charge in [-0.3, -0.25) is 4.79 Å². The second kappa shape index (κ2) is 7.19. The van der Waals surface area contributed by atoms with Crippen LogP contribution in [0.1, 0.15) is 36.3 Å². The van der Waals surface area contributed by atoms with Crippen molar-refractivity contribution in [3.05, 3.63) is 46.9 Å². The minimum Gasteiger partial charge on any atom is -0.392 e. The highest BCUT2D eigenvalue weighted by Crippen LogP contribution is 2.51. The van der Waals surface area contributed by atoms with Gasteiger partial charge in [0.25, 0.3) is 0 Å². The van der Waals surface area contributed by atoms with Gasteiger partial charge in [0.1, 0.15) is 0 Å². The molecule has 4 N–H and O–H groups in total. The second-order valence-corrected chi connectivity index (χ2v) is 9.34. The first-order chi connectivity index (χ1) is 12.5. The normalized spacial score (nSPS) is 39.8. The van der Waals surface area contributed by atoms with Gasteiger partial charge in [-0.25, -0.2) is 0 Å². The number of carbonyl (C=O) groups excluding carboxylic acids is 1. The molecule has 1 aromatic carbocycles. The molecule has 0 spiro atoms. The van der Waals surface area contributed by atoms with Gasteiger partial charge < -0.3 is 16.2 Å². The van der Waals surface area contributed by atoms with Gasteiger partial charge >= 0.3 is 0 Å². The largest absolute Gasteiger partial charge is 0.392 e. The van der Waals surface area contributed by atoms with E-state index in [0.29, 0.717) is 18.9 Å². The molecule has 1 amide bonds. The molecular formula is C20H25ClN2O2S. The Morgan fingerprint density at radius 2 is 2.12 bits per heavy atom. The lowest BCUT2D eigenvalue weighted by Gasteiger charge is -2.50. The number of benzene rings is 1. The highest BCUT2D eigenvalue weighted by molar-refractivity contribution is 8.03. The molecule has 6 heteroatoms. The standard InChI is InChI=1S/C20H25ClN2O2S/c1-10(9-22)11-2-4-12(5-3-11)16-15(24)8-14(21)18-17(16)13-6-7-26-19(13)20(25)23-18/h2-7,10,13-19,24H,8-9,22H2,1H3,(H,23,25). The molecule has 1 aromatic rings. The van der Waals surface area contributed by atoms with Gasteiger partial charge in [0.05, 0.1) is 16.7 Å². The monoisotopic (exact) mass is 392 g/mol. The maximum absolute atomic E-state index is 12.4. The van der Waals surface area contributed by atoms with E-state index in [1.54, 1.807) is 11.8 Å². The van der Waals surface area contributed by atoms with E-state index < -0.39 is 6.10 Å². The fourth-order valence-electron chi connectivity index (χ4n) is 4.76. The van der Waals surface area contributed by atoms with Crippen molar-refractivity contribution in [2.24, 2.45) is 17.6 Å². The molecule has 4 nitrogen and oxygen atoms in total. The Labute approximate surface area is 163 Å². The number of halogens is 1. The summed E-state index contributed by atoms with van der Waals surface area (Å²) in [4.78, 5) is 12.4. The molecule has 26 heavy (non-hydrogen) atoms. The van der Waals surface area contributed by atoms with Crippen molar-refractivity contribution in [3.63, 3.8) is 0 Å². The third-order valence-electron chi connectivity index (χ3n) is 6.23. The molecule has 140 valence electrons. The van der Waals surface area contributed by atoms with E-state index in [9.17, 15) is 9.90 Å². The quantitative estimate of drug-likeness (QED) is 0.691. The third-order valence-corrected chi connectivity index (χ3v) is 7.82. The van der Waals surface area contributed by atoms with Crippen molar-refractivity contribution >= 4 is 29.3 Å². The summed E-state index contributed by atoms with van der Waals surface area (Å²) in [6.45, 7) is 2.72. The van der Waals surface area contributed by atoms with E-state index in [1.807, 2.05) is 5.41 Å². The molecule has 1 saturated heterocycles. The van der Waals surface area contributed by atoms with Gasteiger partial charge in [-0.2, -0.15) is 0 Å². The zero-order valence-electron chi connectivity index (χ0n) is 14.7. The highest BCUT2D eigenvalue weighted by Gasteiger charge is 2.54. The molecule has 2 heterocycles. The molecule has 3 aliphatic rings. The van der Waals surface area contributed by atoms with Crippen molar-refractivity contribution in [2.45, 2.75) is 48.0 Å². The van der Waals surface area contributed by atoms with Crippen LogP contribution in [0.4, 0.5) is 0 Å². The summed E-state index contributed by atoms with van der Waals surface area (Å²) in [5.74, 6) is 0.566. The number of thioether (sulfide) groups is 1. The van der Waals surface area contributed by atoms with Gasteiger partial charge in [-0.05, 0) is 41.3 Å². The maximum Gasteiger partial charge on any atom is 0.234 e. The van der Waals surface area contributed by atoms with Gasteiger partial charge in [0, 0.05) is 17.9 Å². The number of nitrogens with two attached hydrogens (primary N) is 1. The summed E-state index contributed by atoms with van der Waals surface area (Å²) in [6, 6.07) is 8.33. The number of hydrogen-bond donors (Lipinski definition) is 3. The molecule has 1 saturated carbocycles. The number of aliphatic hydroxyl groups is 1. The fraction of sp³-hybridized carbons (Fsp3) is 0.550. The molecule has 8 atom stereocenters. The minimum atomic E-state index is -0.508. The number of hydrogen-bond acceptors (Lipinski definition) is 4. The Kier molecular flexibility index (Phi) is 5.08.